The Morgan fingerprint density at radius 3 is 2.68 bits per heavy atom. The number of carbonyl (C=O) groups is 2. The minimum Gasteiger partial charge on any atom is -0.490 e. The zero-order valence-corrected chi connectivity index (χ0v) is 30.3. The van der Waals surface area contributed by atoms with Crippen molar-refractivity contribution in [2.24, 2.45) is 16.2 Å². The number of ether oxygens (including phenoxy) is 3. The second kappa shape index (κ2) is 13.8. The van der Waals surface area contributed by atoms with Gasteiger partial charge < -0.3 is 19.1 Å². The van der Waals surface area contributed by atoms with Gasteiger partial charge in [0.15, 0.2) is 9.92 Å². The van der Waals surface area contributed by atoms with E-state index in [0.29, 0.717) is 30.4 Å². The molecule has 2 heterocycles. The highest BCUT2D eigenvalue weighted by molar-refractivity contribution is 7.92. The Morgan fingerprint density at radius 1 is 1.10 bits per heavy atom. The highest BCUT2D eigenvalue weighted by Gasteiger charge is 2.44. The molecule has 1 unspecified atom stereocenters. The van der Waals surface area contributed by atoms with Crippen LogP contribution in [0.15, 0.2) is 88.1 Å². The van der Waals surface area contributed by atoms with Gasteiger partial charge in [0.05, 0.1) is 29.9 Å². The summed E-state index contributed by atoms with van der Waals surface area (Å²) in [7, 11) is -2.11. The summed E-state index contributed by atoms with van der Waals surface area (Å²) in [5.41, 5.74) is 1.82. The van der Waals surface area contributed by atoms with E-state index in [9.17, 15) is 9.59 Å². The number of amides is 2. The maximum absolute atomic E-state index is 15.0. The van der Waals surface area contributed by atoms with Crippen LogP contribution >= 0.6 is 11.6 Å². The molecule has 11 heteroatoms. The highest BCUT2D eigenvalue weighted by atomic mass is 35.5. The maximum Gasteiger partial charge on any atom is 0.287 e. The van der Waals surface area contributed by atoms with Crippen molar-refractivity contribution in [1.29, 1.82) is 0 Å². The van der Waals surface area contributed by atoms with Crippen LogP contribution in [0.5, 0.6) is 5.75 Å². The second-order valence-electron chi connectivity index (χ2n) is 14.4. The number of nitrogens with one attached hydrogen (secondary N) is 1. The number of benzene rings is 3. The molecule has 0 aromatic heterocycles. The van der Waals surface area contributed by atoms with Crippen molar-refractivity contribution in [3.05, 3.63) is 101 Å². The molecule has 0 radical (unpaired) electrons. The summed E-state index contributed by atoms with van der Waals surface area (Å²) in [4.78, 5) is 29.9. The van der Waals surface area contributed by atoms with E-state index in [0.717, 1.165) is 49.4 Å². The van der Waals surface area contributed by atoms with Crippen LogP contribution in [0, 0.1) is 11.8 Å². The number of aryl methyl sites for hydroxylation is 1. The van der Waals surface area contributed by atoms with E-state index in [2.05, 4.69) is 26.1 Å². The van der Waals surface area contributed by atoms with Gasteiger partial charge in [-0.1, -0.05) is 48.0 Å². The molecule has 2 aliphatic heterocycles. The quantitative estimate of drug-likeness (QED) is 0.293. The number of halogens is 1. The number of carbonyl (C=O) groups excluding carboxylic acids is 2. The van der Waals surface area contributed by atoms with Crippen LogP contribution in [-0.2, 0) is 36.0 Å². The first-order chi connectivity index (χ1) is 24.0. The van der Waals surface area contributed by atoms with Gasteiger partial charge in [-0.2, -0.15) is 0 Å². The van der Waals surface area contributed by atoms with Crippen LogP contribution in [0.4, 0.5) is 5.69 Å². The normalized spacial score (nSPS) is 29.6. The number of hydrogen-bond acceptors (Lipinski definition) is 7. The summed E-state index contributed by atoms with van der Waals surface area (Å²) in [6, 6.07) is 19.9. The Hall–Kier alpha value is -3.70. The third kappa shape index (κ3) is 6.70. The van der Waals surface area contributed by atoms with Crippen LogP contribution < -0.4 is 14.4 Å². The Kier molecular flexibility index (Phi) is 9.58. The van der Waals surface area contributed by atoms with Gasteiger partial charge in [-0.15, -0.1) is 4.36 Å². The average molecular weight is 718 g/mol. The van der Waals surface area contributed by atoms with Crippen molar-refractivity contribution < 1.29 is 28.0 Å². The fourth-order valence-electron chi connectivity index (χ4n) is 7.84. The Balaban J connectivity index is 1.37. The Bertz CT molecular complexity index is 1940. The van der Waals surface area contributed by atoms with Crippen molar-refractivity contribution in [3.63, 3.8) is 0 Å². The van der Waals surface area contributed by atoms with E-state index in [4.69, 9.17) is 25.8 Å². The molecule has 1 spiro atoms. The van der Waals surface area contributed by atoms with Gasteiger partial charge in [0, 0.05) is 36.2 Å². The topological polar surface area (TPSA) is 107 Å². The molecule has 4 aliphatic rings. The molecule has 50 heavy (non-hydrogen) atoms. The molecule has 3 aromatic rings. The van der Waals surface area contributed by atoms with E-state index < -0.39 is 27.3 Å². The van der Waals surface area contributed by atoms with Crippen LogP contribution in [0.1, 0.15) is 61.0 Å². The van der Waals surface area contributed by atoms with E-state index in [1.165, 1.54) is 11.1 Å². The largest absolute Gasteiger partial charge is 0.490 e. The first-order valence-corrected chi connectivity index (χ1v) is 19.2. The second-order valence-corrected chi connectivity index (χ2v) is 16.8. The standard InChI is InChI=1S/C39H44ClN3O6S/c1-38(2)37(45)42-50(46,41-36(44)26-9-5-4-6-10-26)30-15-18-35-33(22-30)43(23-28-13-16-31(28)34(47-3)12-8-20-49-38)24-39(25-48-35)19-7-11-27-21-29(40)14-17-32(27)39/h4-6,8-10,12,14-15,17-18,21-22,28,31,34H,7,11,13,16,19-20,23-25H2,1-3H3,(H,41,42,44,45,46)/b12-8+/t28-,31+,34-,39-,50?/m0/s1. The van der Waals surface area contributed by atoms with Gasteiger partial charge in [-0.3, -0.25) is 14.3 Å². The number of hydrogen-bond donors (Lipinski definition) is 1. The predicted octanol–water partition coefficient (Wildman–Crippen LogP) is 6.92. The third-order valence-electron chi connectivity index (χ3n) is 10.8. The van der Waals surface area contributed by atoms with Gasteiger partial charge in [0.1, 0.15) is 11.4 Å². The molecule has 0 saturated heterocycles. The predicted molar refractivity (Wildman–Crippen MR) is 194 cm³/mol. The smallest absolute Gasteiger partial charge is 0.287 e. The van der Waals surface area contributed by atoms with Crippen molar-refractivity contribution in [2.45, 2.75) is 68.0 Å². The fourth-order valence-corrected chi connectivity index (χ4v) is 9.65. The number of anilines is 1. The molecular formula is C39H44ClN3O6S. The summed E-state index contributed by atoms with van der Waals surface area (Å²) in [6.45, 7) is 5.18. The van der Waals surface area contributed by atoms with Crippen molar-refractivity contribution in [1.82, 2.24) is 4.72 Å². The number of rotatable bonds is 3. The Morgan fingerprint density at radius 2 is 1.92 bits per heavy atom. The van der Waals surface area contributed by atoms with E-state index in [1.807, 2.05) is 18.2 Å². The first kappa shape index (κ1) is 34.7. The molecule has 1 saturated carbocycles. The van der Waals surface area contributed by atoms with E-state index in [-0.39, 0.29) is 28.9 Å². The minimum absolute atomic E-state index is 0.110. The molecule has 2 aliphatic carbocycles. The molecular weight excluding hydrogens is 674 g/mol. The molecule has 2 amide bonds. The monoisotopic (exact) mass is 717 g/mol. The zero-order valence-electron chi connectivity index (χ0n) is 28.7. The summed E-state index contributed by atoms with van der Waals surface area (Å²) >= 11 is 6.46. The van der Waals surface area contributed by atoms with Crippen LogP contribution in [-0.4, -0.2) is 61.1 Å². The molecule has 3 aromatic carbocycles. The number of methoxy groups -OCH3 is 1. The molecule has 1 N–H and O–H groups in total. The van der Waals surface area contributed by atoms with Crippen molar-refractivity contribution in [3.8, 4) is 5.75 Å². The van der Waals surface area contributed by atoms with Gasteiger partial charge in [0.2, 0.25) is 0 Å². The lowest BCUT2D eigenvalue weighted by atomic mass is 9.68. The van der Waals surface area contributed by atoms with E-state index >= 15 is 4.21 Å². The highest BCUT2D eigenvalue weighted by Crippen LogP contribution is 2.47. The molecule has 2 bridgehead atoms. The lowest BCUT2D eigenvalue weighted by molar-refractivity contribution is -0.137. The Labute approximate surface area is 299 Å². The number of nitrogens with zero attached hydrogens (tertiary/aromatic N) is 2. The first-order valence-electron chi connectivity index (χ1n) is 17.3. The summed E-state index contributed by atoms with van der Waals surface area (Å²) in [6.07, 6.45) is 8.76. The van der Waals surface area contributed by atoms with Crippen LogP contribution in [0.2, 0.25) is 5.02 Å². The molecule has 7 rings (SSSR count). The number of fused-ring (bicyclic) bond motifs is 4. The summed E-state index contributed by atoms with van der Waals surface area (Å²) in [5.74, 6) is -0.0996. The molecule has 9 nitrogen and oxygen atoms in total. The SMILES string of the molecule is CO[C@H]1/C=C/COC(C)(C)C(=O)N=S(=O)(NC(=O)c2ccccc2)c2ccc3c(c2)N(C[C@@H]2CC[C@H]21)C[C@@]1(CCCc2cc(Cl)ccc21)CO3. The van der Waals surface area contributed by atoms with Gasteiger partial charge in [-0.05, 0) is 111 Å². The third-order valence-corrected chi connectivity index (χ3v) is 12.8. The fraction of sp³-hybridized carbons (Fsp3) is 0.436. The van der Waals surface area contributed by atoms with Gasteiger partial charge in [0.25, 0.3) is 11.8 Å². The van der Waals surface area contributed by atoms with Crippen molar-refractivity contribution >= 4 is 39.0 Å². The van der Waals surface area contributed by atoms with Gasteiger partial charge in [-0.25, -0.2) is 4.21 Å². The van der Waals surface area contributed by atoms with Crippen molar-refractivity contribution in [2.75, 3.05) is 38.3 Å². The minimum atomic E-state index is -3.85. The molecule has 1 fully saturated rings. The van der Waals surface area contributed by atoms with Crippen LogP contribution in [0.3, 0.4) is 0 Å². The van der Waals surface area contributed by atoms with Crippen LogP contribution in [0.25, 0.3) is 0 Å². The zero-order chi connectivity index (χ0) is 35.1. The lowest BCUT2D eigenvalue weighted by Crippen LogP contribution is -2.49. The van der Waals surface area contributed by atoms with Gasteiger partial charge >= 0.3 is 0 Å². The summed E-state index contributed by atoms with van der Waals surface area (Å²) in [5, 5.41) is 0.725. The lowest BCUT2D eigenvalue weighted by Gasteiger charge is -2.46. The summed E-state index contributed by atoms with van der Waals surface area (Å²) < 4.78 is 40.6. The maximum atomic E-state index is 15.0. The average Bonchev–Trinajstić information content (AvgIpc) is 3.24. The molecule has 5 atom stereocenters. The van der Waals surface area contributed by atoms with E-state index in [1.54, 1.807) is 69.5 Å². The molecule has 264 valence electrons.